The highest BCUT2D eigenvalue weighted by atomic mass is 17.2. The first-order chi connectivity index (χ1) is 10.4. The predicted molar refractivity (Wildman–Crippen MR) is 90.4 cm³/mol. The molecular weight excluding hydrogens is 298 g/mol. The van der Waals surface area contributed by atoms with Crippen LogP contribution in [0.4, 0.5) is 10.5 Å². The van der Waals surface area contributed by atoms with E-state index in [1.165, 1.54) is 0 Å². The van der Waals surface area contributed by atoms with Crippen LogP contribution in [0.2, 0.25) is 0 Å². The fourth-order valence-corrected chi connectivity index (χ4v) is 1.63. The van der Waals surface area contributed by atoms with Crippen LogP contribution in [0.15, 0.2) is 30.3 Å². The van der Waals surface area contributed by atoms with E-state index < -0.39 is 11.7 Å². The van der Waals surface area contributed by atoms with Gasteiger partial charge in [-0.05, 0) is 53.7 Å². The van der Waals surface area contributed by atoms with Crippen molar-refractivity contribution in [2.45, 2.75) is 65.3 Å². The van der Waals surface area contributed by atoms with E-state index in [2.05, 4.69) is 5.32 Å². The third-order valence-corrected chi connectivity index (χ3v) is 2.33. The maximum Gasteiger partial charge on any atom is 0.409 e. The van der Waals surface area contributed by atoms with Crippen LogP contribution in [0.5, 0.6) is 0 Å². The molecular formula is C17H29NO5. The molecule has 3 N–H and O–H groups in total. The Hall–Kier alpha value is -1.63. The molecule has 1 rings (SSSR count). The normalized spacial score (nSPS) is 12.8. The number of amides is 1. The van der Waals surface area contributed by atoms with Gasteiger partial charge in [0.1, 0.15) is 5.60 Å². The fraction of sp³-hybridized carbons (Fsp3) is 0.588. The van der Waals surface area contributed by atoms with Crippen LogP contribution in [0, 0.1) is 0 Å². The van der Waals surface area contributed by atoms with Crippen LogP contribution < -0.4 is 5.32 Å². The minimum atomic E-state index is -1.04. The molecule has 0 aliphatic rings. The average Bonchev–Trinajstić information content (AvgIpc) is 2.35. The van der Waals surface area contributed by atoms with Gasteiger partial charge < -0.3 is 10.2 Å². The zero-order valence-corrected chi connectivity index (χ0v) is 14.8. The minimum Gasteiger partial charge on any atom is -0.465 e. The number of carboxylic acid groups (broad SMARTS) is 1. The van der Waals surface area contributed by atoms with Gasteiger partial charge in [-0.25, -0.2) is 14.6 Å². The van der Waals surface area contributed by atoms with Crippen molar-refractivity contribution >= 4 is 11.8 Å². The zero-order chi connectivity index (χ0) is 18.1. The van der Waals surface area contributed by atoms with Crippen molar-refractivity contribution in [3.05, 3.63) is 30.3 Å². The highest BCUT2D eigenvalue weighted by molar-refractivity contribution is 5.82. The number of hydrogen-bond acceptors (Lipinski definition) is 4. The molecule has 0 heterocycles. The van der Waals surface area contributed by atoms with E-state index in [1.807, 2.05) is 40.7 Å². The van der Waals surface area contributed by atoms with E-state index in [4.69, 9.17) is 14.9 Å². The van der Waals surface area contributed by atoms with Crippen molar-refractivity contribution in [1.29, 1.82) is 0 Å². The van der Waals surface area contributed by atoms with Crippen LogP contribution in [-0.4, -0.2) is 33.6 Å². The van der Waals surface area contributed by atoms with Crippen LogP contribution in [-0.2, 0) is 9.78 Å². The molecule has 0 aromatic heterocycles. The Morgan fingerprint density at radius 2 is 1.65 bits per heavy atom. The number of rotatable bonds is 5. The Bertz CT molecular complexity index is 452. The molecule has 23 heavy (non-hydrogen) atoms. The molecule has 1 amide bonds. The van der Waals surface area contributed by atoms with E-state index in [0.717, 1.165) is 0 Å². The molecule has 0 fully saturated rings. The Labute approximate surface area is 138 Å². The van der Waals surface area contributed by atoms with Crippen molar-refractivity contribution in [3.8, 4) is 0 Å². The molecule has 1 aromatic carbocycles. The van der Waals surface area contributed by atoms with Crippen LogP contribution >= 0.6 is 0 Å². The summed E-state index contributed by atoms with van der Waals surface area (Å²) in [5.74, 6) is 0. The lowest BCUT2D eigenvalue weighted by Crippen LogP contribution is -2.33. The number of aliphatic hydroxyl groups excluding tert-OH is 1. The molecule has 132 valence electrons. The standard InChI is InChI=1S/C10H22O3.C7H7NO2/c1-8(11)7-10(5,6)13-12-9(2,3)4;9-7(10)8-6-4-2-1-3-5-6/h8,11H,7H2,1-6H3;1-5,8H,(H,9,10). The second-order valence-corrected chi connectivity index (χ2v) is 6.89. The van der Waals surface area contributed by atoms with E-state index >= 15 is 0 Å². The Balaban J connectivity index is 0.000000433. The smallest absolute Gasteiger partial charge is 0.409 e. The van der Waals surface area contributed by atoms with Crippen LogP contribution in [0.1, 0.15) is 48.0 Å². The summed E-state index contributed by atoms with van der Waals surface area (Å²) >= 11 is 0. The van der Waals surface area contributed by atoms with Gasteiger partial charge in [0, 0.05) is 12.1 Å². The van der Waals surface area contributed by atoms with Gasteiger partial charge in [0.05, 0.1) is 11.7 Å². The molecule has 6 heteroatoms. The molecule has 0 aliphatic heterocycles. The monoisotopic (exact) mass is 327 g/mol. The third kappa shape index (κ3) is 13.7. The molecule has 0 saturated carbocycles. The highest BCUT2D eigenvalue weighted by Crippen LogP contribution is 2.20. The minimum absolute atomic E-state index is 0.310. The predicted octanol–water partition coefficient (Wildman–Crippen LogP) is 4.06. The summed E-state index contributed by atoms with van der Waals surface area (Å²) in [6.45, 7) is 11.3. The molecule has 1 aromatic rings. The maximum absolute atomic E-state index is 10.1. The lowest BCUT2D eigenvalue weighted by Gasteiger charge is -2.29. The van der Waals surface area contributed by atoms with E-state index in [-0.39, 0.29) is 11.7 Å². The maximum atomic E-state index is 10.1. The first-order valence-electron chi connectivity index (χ1n) is 7.51. The number of benzene rings is 1. The van der Waals surface area contributed by atoms with Gasteiger partial charge in [0.15, 0.2) is 0 Å². The van der Waals surface area contributed by atoms with Crippen molar-refractivity contribution in [3.63, 3.8) is 0 Å². The van der Waals surface area contributed by atoms with Gasteiger partial charge in [-0.1, -0.05) is 18.2 Å². The molecule has 0 spiro atoms. The average molecular weight is 327 g/mol. The number of hydrogen-bond donors (Lipinski definition) is 3. The second-order valence-electron chi connectivity index (χ2n) is 6.89. The molecule has 0 aliphatic carbocycles. The Morgan fingerprint density at radius 3 is 2.04 bits per heavy atom. The lowest BCUT2D eigenvalue weighted by atomic mass is 10.0. The zero-order valence-electron chi connectivity index (χ0n) is 14.8. The summed E-state index contributed by atoms with van der Waals surface area (Å²) < 4.78 is 0. The van der Waals surface area contributed by atoms with Gasteiger partial charge in [-0.3, -0.25) is 5.32 Å². The first kappa shape index (κ1) is 21.4. The van der Waals surface area contributed by atoms with Crippen molar-refractivity contribution in [2.24, 2.45) is 0 Å². The van der Waals surface area contributed by atoms with E-state index in [9.17, 15) is 9.90 Å². The van der Waals surface area contributed by atoms with Gasteiger partial charge in [0.25, 0.3) is 0 Å². The molecule has 0 radical (unpaired) electrons. The molecule has 6 nitrogen and oxygen atoms in total. The van der Waals surface area contributed by atoms with E-state index in [1.54, 1.807) is 31.2 Å². The SMILES string of the molecule is CC(O)CC(C)(C)OOC(C)(C)C.O=C(O)Nc1ccccc1. The molecule has 1 atom stereocenters. The Kier molecular flexibility index (Phi) is 8.82. The first-order valence-corrected chi connectivity index (χ1v) is 7.51. The molecule has 0 saturated heterocycles. The topological polar surface area (TPSA) is 88.0 Å². The van der Waals surface area contributed by atoms with Gasteiger partial charge in [-0.2, -0.15) is 0 Å². The van der Waals surface area contributed by atoms with Gasteiger partial charge in [-0.15, -0.1) is 0 Å². The van der Waals surface area contributed by atoms with Gasteiger partial charge in [0.2, 0.25) is 0 Å². The van der Waals surface area contributed by atoms with Crippen molar-refractivity contribution in [2.75, 3.05) is 5.32 Å². The third-order valence-electron chi connectivity index (χ3n) is 2.33. The highest BCUT2D eigenvalue weighted by Gasteiger charge is 2.25. The fourth-order valence-electron chi connectivity index (χ4n) is 1.63. The number of para-hydroxylation sites is 1. The summed E-state index contributed by atoms with van der Waals surface area (Å²) in [6, 6.07) is 8.74. The molecule has 1 unspecified atom stereocenters. The summed E-state index contributed by atoms with van der Waals surface area (Å²) in [4.78, 5) is 20.5. The van der Waals surface area contributed by atoms with Crippen LogP contribution in [0.3, 0.4) is 0 Å². The number of aliphatic hydroxyl groups is 1. The van der Waals surface area contributed by atoms with Crippen molar-refractivity contribution < 1.29 is 24.8 Å². The summed E-state index contributed by atoms with van der Waals surface area (Å²) in [5.41, 5.74) is -0.160. The summed E-state index contributed by atoms with van der Waals surface area (Å²) in [5, 5.41) is 19.7. The number of carbonyl (C=O) groups is 1. The summed E-state index contributed by atoms with van der Waals surface area (Å²) in [7, 11) is 0. The van der Waals surface area contributed by atoms with Crippen molar-refractivity contribution in [1.82, 2.24) is 0 Å². The van der Waals surface area contributed by atoms with Crippen LogP contribution in [0.25, 0.3) is 0 Å². The second kappa shape index (κ2) is 9.50. The molecule has 0 bridgehead atoms. The van der Waals surface area contributed by atoms with E-state index in [0.29, 0.717) is 12.1 Å². The quantitative estimate of drug-likeness (QED) is 0.560. The number of nitrogens with one attached hydrogen (secondary N) is 1. The largest absolute Gasteiger partial charge is 0.465 e. The number of anilines is 1. The van der Waals surface area contributed by atoms with Gasteiger partial charge >= 0.3 is 6.09 Å². The lowest BCUT2D eigenvalue weighted by molar-refractivity contribution is -0.399. The summed E-state index contributed by atoms with van der Waals surface area (Å²) in [6.07, 6.45) is -0.854. The Morgan fingerprint density at radius 1 is 1.13 bits per heavy atom.